The molecule has 0 aliphatic carbocycles. The Hall–Kier alpha value is -2.30. The molecular formula is C14H17N3O2. The molecule has 1 aromatic heterocycles. The summed E-state index contributed by atoms with van der Waals surface area (Å²) in [6.45, 7) is 3.39. The summed E-state index contributed by atoms with van der Waals surface area (Å²) in [7, 11) is 3.43. The smallest absolute Gasteiger partial charge is 0.222 e. The lowest BCUT2D eigenvalue weighted by molar-refractivity contribution is -0.114. The molecule has 1 amide bonds. The van der Waals surface area contributed by atoms with E-state index in [0.717, 1.165) is 22.6 Å². The van der Waals surface area contributed by atoms with Gasteiger partial charge < -0.3 is 10.1 Å². The van der Waals surface area contributed by atoms with Crippen molar-refractivity contribution in [2.45, 2.75) is 13.8 Å². The number of aromatic nitrogens is 2. The molecule has 1 aromatic carbocycles. The standard InChI is InChI=1S/C14H17N3O2/c1-9-13(11-7-5-6-8-12(11)19-4)14(15-10(2)18)17(3)16-9/h5-8H,1-4H3,(H,15,18). The summed E-state index contributed by atoms with van der Waals surface area (Å²) in [5.74, 6) is 1.30. The van der Waals surface area contributed by atoms with E-state index in [2.05, 4.69) is 10.4 Å². The molecule has 100 valence electrons. The van der Waals surface area contributed by atoms with Gasteiger partial charge in [0.1, 0.15) is 11.6 Å². The number of methoxy groups -OCH3 is 1. The maximum Gasteiger partial charge on any atom is 0.222 e. The number of nitrogens with one attached hydrogen (secondary N) is 1. The van der Waals surface area contributed by atoms with E-state index in [0.29, 0.717) is 5.82 Å². The number of rotatable bonds is 3. The summed E-state index contributed by atoms with van der Waals surface area (Å²) in [4.78, 5) is 11.3. The van der Waals surface area contributed by atoms with Crippen molar-refractivity contribution in [2.24, 2.45) is 7.05 Å². The van der Waals surface area contributed by atoms with Crippen LogP contribution in [0.3, 0.4) is 0 Å². The summed E-state index contributed by atoms with van der Waals surface area (Å²) in [5.41, 5.74) is 2.64. The minimum atomic E-state index is -0.126. The Balaban J connectivity index is 2.64. The van der Waals surface area contributed by atoms with Crippen molar-refractivity contribution in [1.82, 2.24) is 9.78 Å². The Morgan fingerprint density at radius 3 is 2.68 bits per heavy atom. The van der Waals surface area contributed by atoms with E-state index in [1.807, 2.05) is 31.2 Å². The lowest BCUT2D eigenvalue weighted by Gasteiger charge is -2.10. The number of nitrogens with zero attached hydrogens (tertiary/aromatic N) is 2. The molecule has 2 aromatic rings. The molecule has 0 radical (unpaired) electrons. The van der Waals surface area contributed by atoms with Gasteiger partial charge in [-0.2, -0.15) is 5.10 Å². The molecule has 1 heterocycles. The summed E-state index contributed by atoms with van der Waals surface area (Å²) >= 11 is 0. The zero-order valence-corrected chi connectivity index (χ0v) is 11.5. The maximum atomic E-state index is 11.3. The Morgan fingerprint density at radius 2 is 2.05 bits per heavy atom. The van der Waals surface area contributed by atoms with Crippen molar-refractivity contribution in [2.75, 3.05) is 12.4 Å². The van der Waals surface area contributed by atoms with E-state index in [4.69, 9.17) is 4.74 Å². The van der Waals surface area contributed by atoms with Crippen molar-refractivity contribution < 1.29 is 9.53 Å². The van der Waals surface area contributed by atoms with Crippen LogP contribution in [0.15, 0.2) is 24.3 Å². The van der Waals surface area contributed by atoms with E-state index < -0.39 is 0 Å². The second-order valence-electron chi connectivity index (χ2n) is 4.31. The van der Waals surface area contributed by atoms with Gasteiger partial charge in [-0.3, -0.25) is 9.48 Å². The molecule has 0 bridgehead atoms. The topological polar surface area (TPSA) is 56.1 Å². The first-order valence-electron chi connectivity index (χ1n) is 5.99. The number of hydrogen-bond acceptors (Lipinski definition) is 3. The molecule has 2 rings (SSSR count). The third-order valence-corrected chi connectivity index (χ3v) is 2.89. The molecule has 0 fully saturated rings. The second-order valence-corrected chi connectivity index (χ2v) is 4.31. The molecule has 0 aliphatic heterocycles. The molecular weight excluding hydrogens is 242 g/mol. The van der Waals surface area contributed by atoms with Gasteiger partial charge in [0, 0.05) is 19.5 Å². The van der Waals surface area contributed by atoms with E-state index in [1.54, 1.807) is 18.8 Å². The Labute approximate surface area is 112 Å². The van der Waals surface area contributed by atoms with Gasteiger partial charge in [-0.15, -0.1) is 0 Å². The zero-order chi connectivity index (χ0) is 14.0. The molecule has 19 heavy (non-hydrogen) atoms. The zero-order valence-electron chi connectivity index (χ0n) is 11.5. The predicted molar refractivity (Wildman–Crippen MR) is 74.2 cm³/mol. The van der Waals surface area contributed by atoms with Gasteiger partial charge in [0.25, 0.3) is 0 Å². The normalized spacial score (nSPS) is 10.3. The summed E-state index contributed by atoms with van der Waals surface area (Å²) in [6, 6.07) is 7.68. The van der Waals surface area contributed by atoms with Crippen LogP contribution in [0, 0.1) is 6.92 Å². The Kier molecular flexibility index (Phi) is 3.55. The fraction of sp³-hybridized carbons (Fsp3) is 0.286. The quantitative estimate of drug-likeness (QED) is 0.920. The van der Waals surface area contributed by atoms with Gasteiger partial charge in [0.2, 0.25) is 5.91 Å². The first kappa shape index (κ1) is 13.1. The Bertz CT molecular complexity index is 617. The van der Waals surface area contributed by atoms with Crippen LogP contribution in [0.1, 0.15) is 12.6 Å². The molecule has 0 aliphatic rings. The minimum Gasteiger partial charge on any atom is -0.496 e. The van der Waals surface area contributed by atoms with E-state index >= 15 is 0 Å². The van der Waals surface area contributed by atoms with Crippen LogP contribution < -0.4 is 10.1 Å². The highest BCUT2D eigenvalue weighted by Crippen LogP contribution is 2.36. The van der Waals surface area contributed by atoms with Crippen molar-refractivity contribution >= 4 is 11.7 Å². The van der Waals surface area contributed by atoms with Gasteiger partial charge in [-0.25, -0.2) is 0 Å². The summed E-state index contributed by atoms with van der Waals surface area (Å²) < 4.78 is 7.04. The molecule has 1 N–H and O–H groups in total. The van der Waals surface area contributed by atoms with Gasteiger partial charge in [-0.1, -0.05) is 18.2 Å². The van der Waals surface area contributed by atoms with Crippen LogP contribution in [0.4, 0.5) is 5.82 Å². The third-order valence-electron chi connectivity index (χ3n) is 2.89. The molecule has 0 atom stereocenters. The number of carbonyl (C=O) groups is 1. The number of anilines is 1. The van der Waals surface area contributed by atoms with Crippen molar-refractivity contribution in [3.05, 3.63) is 30.0 Å². The lowest BCUT2D eigenvalue weighted by Crippen LogP contribution is -2.10. The fourth-order valence-corrected chi connectivity index (χ4v) is 2.14. The van der Waals surface area contributed by atoms with Gasteiger partial charge in [-0.05, 0) is 13.0 Å². The van der Waals surface area contributed by atoms with Crippen molar-refractivity contribution in [1.29, 1.82) is 0 Å². The molecule has 5 heteroatoms. The monoisotopic (exact) mass is 259 g/mol. The van der Waals surface area contributed by atoms with Crippen LogP contribution in [0.2, 0.25) is 0 Å². The minimum absolute atomic E-state index is 0.126. The van der Waals surface area contributed by atoms with Crippen LogP contribution in [-0.4, -0.2) is 22.8 Å². The van der Waals surface area contributed by atoms with Crippen molar-refractivity contribution in [3.63, 3.8) is 0 Å². The summed E-state index contributed by atoms with van der Waals surface area (Å²) in [5, 5.41) is 7.18. The highest BCUT2D eigenvalue weighted by molar-refractivity contribution is 5.94. The third kappa shape index (κ3) is 2.45. The second kappa shape index (κ2) is 5.14. The SMILES string of the molecule is COc1ccccc1-c1c(C)nn(C)c1NC(C)=O. The van der Waals surface area contributed by atoms with E-state index in [-0.39, 0.29) is 5.91 Å². The fourth-order valence-electron chi connectivity index (χ4n) is 2.14. The Morgan fingerprint density at radius 1 is 1.37 bits per heavy atom. The van der Waals surface area contributed by atoms with E-state index in [9.17, 15) is 4.79 Å². The largest absolute Gasteiger partial charge is 0.496 e. The van der Waals surface area contributed by atoms with Gasteiger partial charge >= 0.3 is 0 Å². The predicted octanol–water partition coefficient (Wildman–Crippen LogP) is 2.36. The molecule has 0 unspecified atom stereocenters. The number of carbonyl (C=O) groups excluding carboxylic acids is 1. The van der Waals surface area contributed by atoms with Gasteiger partial charge in [0.15, 0.2) is 0 Å². The molecule has 0 saturated heterocycles. The number of para-hydroxylation sites is 1. The number of aryl methyl sites for hydroxylation is 2. The molecule has 0 saturated carbocycles. The first-order valence-corrected chi connectivity index (χ1v) is 5.99. The number of benzene rings is 1. The molecule has 5 nitrogen and oxygen atoms in total. The highest BCUT2D eigenvalue weighted by Gasteiger charge is 2.18. The number of ether oxygens (including phenoxy) is 1. The highest BCUT2D eigenvalue weighted by atomic mass is 16.5. The molecule has 0 spiro atoms. The average Bonchev–Trinajstić information content (AvgIpc) is 2.63. The van der Waals surface area contributed by atoms with E-state index in [1.165, 1.54) is 6.92 Å². The van der Waals surface area contributed by atoms with Crippen LogP contribution in [0.5, 0.6) is 5.75 Å². The van der Waals surface area contributed by atoms with Crippen LogP contribution >= 0.6 is 0 Å². The van der Waals surface area contributed by atoms with Crippen molar-refractivity contribution in [3.8, 4) is 16.9 Å². The number of hydrogen-bond donors (Lipinski definition) is 1. The van der Waals surface area contributed by atoms with Crippen LogP contribution in [-0.2, 0) is 11.8 Å². The lowest BCUT2D eigenvalue weighted by atomic mass is 10.0. The number of amides is 1. The summed E-state index contributed by atoms with van der Waals surface area (Å²) in [6.07, 6.45) is 0. The average molecular weight is 259 g/mol. The van der Waals surface area contributed by atoms with Gasteiger partial charge in [0.05, 0.1) is 18.4 Å². The van der Waals surface area contributed by atoms with Crippen LogP contribution in [0.25, 0.3) is 11.1 Å². The first-order chi connectivity index (χ1) is 9.04. The maximum absolute atomic E-state index is 11.3.